The van der Waals surface area contributed by atoms with Gasteiger partial charge in [0.05, 0.1) is 11.3 Å². The van der Waals surface area contributed by atoms with Gasteiger partial charge in [0.25, 0.3) is 0 Å². The van der Waals surface area contributed by atoms with E-state index in [2.05, 4.69) is 10.6 Å². The smallest absolute Gasteiger partial charge is 0.337 e. The fraction of sp³-hybridized carbons (Fsp3) is 0.357. The Morgan fingerprint density at radius 2 is 1.86 bits per heavy atom. The Hall–Kier alpha value is -2.57. The van der Waals surface area contributed by atoms with E-state index in [1.807, 2.05) is 0 Å². The summed E-state index contributed by atoms with van der Waals surface area (Å²) in [5.41, 5.74) is 6.09. The monoisotopic (exact) mass is 293 g/mol. The number of nitrogens with one attached hydrogen (secondary N) is 2. The zero-order valence-electron chi connectivity index (χ0n) is 12.1. The summed E-state index contributed by atoms with van der Waals surface area (Å²) >= 11 is 0. The predicted molar refractivity (Wildman–Crippen MR) is 78.1 cm³/mol. The van der Waals surface area contributed by atoms with Crippen LogP contribution < -0.4 is 16.4 Å². The van der Waals surface area contributed by atoms with E-state index in [-0.39, 0.29) is 17.2 Å². The number of anilines is 1. The third-order valence-corrected chi connectivity index (χ3v) is 2.91. The lowest BCUT2D eigenvalue weighted by Crippen LogP contribution is -2.49. The first-order chi connectivity index (χ1) is 9.72. The van der Waals surface area contributed by atoms with Gasteiger partial charge in [0.1, 0.15) is 6.04 Å². The Kier molecular flexibility index (Phi) is 5.29. The second-order valence-electron chi connectivity index (χ2n) is 5.08. The molecule has 5 N–H and O–H groups in total. The van der Waals surface area contributed by atoms with Crippen molar-refractivity contribution in [3.8, 4) is 0 Å². The molecule has 0 aromatic heterocycles. The first-order valence-electron chi connectivity index (χ1n) is 6.43. The van der Waals surface area contributed by atoms with Crippen molar-refractivity contribution in [1.82, 2.24) is 5.32 Å². The first-order valence-corrected chi connectivity index (χ1v) is 6.43. The number of benzene rings is 1. The van der Waals surface area contributed by atoms with Crippen molar-refractivity contribution in [3.63, 3.8) is 0 Å². The van der Waals surface area contributed by atoms with E-state index in [1.165, 1.54) is 12.1 Å². The first kappa shape index (κ1) is 16.5. The van der Waals surface area contributed by atoms with Crippen LogP contribution >= 0.6 is 0 Å². The highest BCUT2D eigenvalue weighted by atomic mass is 16.4. The number of primary amides is 1. The lowest BCUT2D eigenvalue weighted by atomic mass is 10.0. The molecule has 0 aliphatic carbocycles. The third kappa shape index (κ3) is 4.48. The van der Waals surface area contributed by atoms with Gasteiger partial charge in [-0.15, -0.1) is 0 Å². The van der Waals surface area contributed by atoms with E-state index >= 15 is 0 Å². The molecule has 0 spiro atoms. The predicted octanol–water partition coefficient (Wildman–Crippen LogP) is 1.32. The molecule has 0 fully saturated rings. The van der Waals surface area contributed by atoms with Crippen LogP contribution in [0.1, 0.15) is 29.8 Å². The number of carboxylic acid groups (broad SMARTS) is 1. The summed E-state index contributed by atoms with van der Waals surface area (Å²) in [6, 6.07) is 3.11. The number of carboxylic acids is 1. The number of aryl methyl sites for hydroxylation is 1. The fourth-order valence-electron chi connectivity index (χ4n) is 1.81. The summed E-state index contributed by atoms with van der Waals surface area (Å²) in [6.07, 6.45) is 0. The summed E-state index contributed by atoms with van der Waals surface area (Å²) in [4.78, 5) is 34.3. The second-order valence-corrected chi connectivity index (χ2v) is 5.08. The van der Waals surface area contributed by atoms with Gasteiger partial charge in [-0.2, -0.15) is 0 Å². The molecule has 0 aliphatic rings. The molecule has 1 rings (SSSR count). The molecule has 1 atom stereocenters. The van der Waals surface area contributed by atoms with E-state index in [9.17, 15) is 14.4 Å². The van der Waals surface area contributed by atoms with Crippen LogP contribution in [0, 0.1) is 12.8 Å². The van der Waals surface area contributed by atoms with E-state index in [4.69, 9.17) is 10.8 Å². The maximum absolute atomic E-state index is 11.9. The van der Waals surface area contributed by atoms with Crippen molar-refractivity contribution in [2.24, 2.45) is 11.7 Å². The van der Waals surface area contributed by atoms with Gasteiger partial charge in [-0.05, 0) is 25.0 Å². The molecular formula is C14H19N3O4. The molecule has 0 bridgehead atoms. The summed E-state index contributed by atoms with van der Waals surface area (Å²) < 4.78 is 0. The van der Waals surface area contributed by atoms with Crippen LogP contribution in [0.4, 0.5) is 10.5 Å². The molecule has 1 unspecified atom stereocenters. The number of carbonyl (C=O) groups excluding carboxylic acids is 2. The van der Waals surface area contributed by atoms with Crippen molar-refractivity contribution in [3.05, 3.63) is 29.3 Å². The largest absolute Gasteiger partial charge is 0.478 e. The number of aromatic carboxylic acids is 1. The minimum absolute atomic E-state index is 0.0229. The molecule has 0 heterocycles. The molecule has 0 aliphatic heterocycles. The van der Waals surface area contributed by atoms with Crippen LogP contribution in [0.5, 0.6) is 0 Å². The average molecular weight is 293 g/mol. The van der Waals surface area contributed by atoms with Gasteiger partial charge in [0.15, 0.2) is 0 Å². The number of hydrogen-bond acceptors (Lipinski definition) is 3. The normalized spacial score (nSPS) is 11.8. The van der Waals surface area contributed by atoms with Gasteiger partial charge in [0, 0.05) is 0 Å². The van der Waals surface area contributed by atoms with Crippen LogP contribution in [0.2, 0.25) is 0 Å². The van der Waals surface area contributed by atoms with E-state index < -0.39 is 23.9 Å². The minimum Gasteiger partial charge on any atom is -0.478 e. The van der Waals surface area contributed by atoms with Gasteiger partial charge in [-0.3, -0.25) is 4.79 Å². The second kappa shape index (κ2) is 6.74. The molecule has 1 aromatic rings. The highest BCUT2D eigenvalue weighted by molar-refractivity contribution is 6.01. The SMILES string of the molecule is Cc1ccc(NC(=O)NC(C(N)=O)C(C)C)c(C(=O)O)c1. The number of rotatable bonds is 5. The quantitative estimate of drug-likeness (QED) is 0.654. The van der Waals surface area contributed by atoms with E-state index in [0.29, 0.717) is 0 Å². The number of hydrogen-bond donors (Lipinski definition) is 4. The van der Waals surface area contributed by atoms with Gasteiger partial charge in [0.2, 0.25) is 5.91 Å². The van der Waals surface area contributed by atoms with Crippen molar-refractivity contribution in [2.75, 3.05) is 5.32 Å². The molecule has 1 aromatic carbocycles. The Morgan fingerprint density at radius 1 is 1.24 bits per heavy atom. The molecule has 0 radical (unpaired) electrons. The van der Waals surface area contributed by atoms with Crippen molar-refractivity contribution < 1.29 is 19.5 Å². The molecule has 3 amide bonds. The molecule has 7 heteroatoms. The minimum atomic E-state index is -1.15. The van der Waals surface area contributed by atoms with Gasteiger partial charge >= 0.3 is 12.0 Å². The highest BCUT2D eigenvalue weighted by Crippen LogP contribution is 2.17. The zero-order valence-corrected chi connectivity index (χ0v) is 12.1. The van der Waals surface area contributed by atoms with E-state index in [1.54, 1.807) is 26.8 Å². The summed E-state index contributed by atoms with van der Waals surface area (Å²) in [5.74, 6) is -1.97. The van der Waals surface area contributed by atoms with Crippen molar-refractivity contribution in [2.45, 2.75) is 26.8 Å². The number of nitrogens with two attached hydrogens (primary N) is 1. The van der Waals surface area contributed by atoms with Crippen LogP contribution in [-0.4, -0.2) is 29.1 Å². The maximum atomic E-state index is 11.9. The Morgan fingerprint density at radius 3 is 2.33 bits per heavy atom. The summed E-state index contributed by atoms with van der Waals surface area (Å²) in [7, 11) is 0. The molecule has 114 valence electrons. The fourth-order valence-corrected chi connectivity index (χ4v) is 1.81. The van der Waals surface area contributed by atoms with E-state index in [0.717, 1.165) is 5.56 Å². The zero-order chi connectivity index (χ0) is 16.2. The molecule has 0 saturated carbocycles. The Bertz CT molecular complexity index is 569. The summed E-state index contributed by atoms with van der Waals surface area (Å²) in [6.45, 7) is 5.23. The van der Waals surface area contributed by atoms with Crippen LogP contribution in [0.25, 0.3) is 0 Å². The summed E-state index contributed by atoms with van der Waals surface area (Å²) in [5, 5.41) is 14.0. The standard InChI is InChI=1S/C14H19N3O4/c1-7(2)11(12(15)18)17-14(21)16-10-5-4-8(3)6-9(10)13(19)20/h4-7,11H,1-3H3,(H2,15,18)(H,19,20)(H2,16,17,21). The lowest BCUT2D eigenvalue weighted by molar-refractivity contribution is -0.120. The Balaban J connectivity index is 2.89. The highest BCUT2D eigenvalue weighted by Gasteiger charge is 2.22. The van der Waals surface area contributed by atoms with Crippen molar-refractivity contribution >= 4 is 23.6 Å². The molecule has 7 nitrogen and oxygen atoms in total. The average Bonchev–Trinajstić information content (AvgIpc) is 2.37. The molecular weight excluding hydrogens is 274 g/mol. The lowest BCUT2D eigenvalue weighted by Gasteiger charge is -2.19. The van der Waals surface area contributed by atoms with Crippen LogP contribution in [0.3, 0.4) is 0 Å². The van der Waals surface area contributed by atoms with Crippen LogP contribution in [0.15, 0.2) is 18.2 Å². The van der Waals surface area contributed by atoms with Gasteiger partial charge in [-0.1, -0.05) is 25.5 Å². The molecule has 21 heavy (non-hydrogen) atoms. The maximum Gasteiger partial charge on any atom is 0.337 e. The Labute approximate surface area is 122 Å². The van der Waals surface area contributed by atoms with Crippen molar-refractivity contribution in [1.29, 1.82) is 0 Å². The van der Waals surface area contributed by atoms with Gasteiger partial charge in [-0.25, -0.2) is 9.59 Å². The third-order valence-electron chi connectivity index (χ3n) is 2.91. The number of amides is 3. The topological polar surface area (TPSA) is 122 Å². The number of carbonyl (C=O) groups is 3. The molecule has 0 saturated heterocycles. The van der Waals surface area contributed by atoms with Crippen LogP contribution in [-0.2, 0) is 4.79 Å². The van der Waals surface area contributed by atoms with Gasteiger partial charge < -0.3 is 21.5 Å². The number of urea groups is 1.